The van der Waals surface area contributed by atoms with E-state index in [2.05, 4.69) is 0 Å². The topological polar surface area (TPSA) is 54.0 Å². The van der Waals surface area contributed by atoms with Crippen molar-refractivity contribution in [2.24, 2.45) is 5.92 Å². The molecule has 5 nitrogen and oxygen atoms in total. The number of methoxy groups -OCH3 is 2. The molecule has 1 fully saturated rings. The Kier molecular flexibility index (Phi) is 9.53. The summed E-state index contributed by atoms with van der Waals surface area (Å²) in [6.07, 6.45) is 8.03. The van der Waals surface area contributed by atoms with Crippen molar-refractivity contribution in [2.75, 3.05) is 21.0 Å². The maximum Gasteiger partial charge on any atom is 0.340 e. The van der Waals surface area contributed by atoms with Gasteiger partial charge in [-0.25, -0.2) is 4.79 Å². The highest BCUT2D eigenvalue weighted by Crippen LogP contribution is 2.32. The summed E-state index contributed by atoms with van der Waals surface area (Å²) in [5.74, 6) is -0.108. The fourth-order valence-electron chi connectivity index (χ4n) is 3.68. The number of hydrogen-bond acceptors (Lipinski definition) is 5. The maximum atomic E-state index is 13.0. The van der Waals surface area contributed by atoms with Gasteiger partial charge in [-0.1, -0.05) is 61.7 Å². The van der Waals surface area contributed by atoms with E-state index in [4.69, 9.17) is 18.9 Å². The van der Waals surface area contributed by atoms with Gasteiger partial charge >= 0.3 is 5.97 Å². The first kappa shape index (κ1) is 21.6. The van der Waals surface area contributed by atoms with Gasteiger partial charge in [0.25, 0.3) is 0 Å². The summed E-state index contributed by atoms with van der Waals surface area (Å²) in [7, 11) is 3.12. The summed E-state index contributed by atoms with van der Waals surface area (Å²) in [6, 6.07) is 9.42. The SMILES string of the molecule is C/C=C/[C@@H](OCOC)[C@@H](OC(=O)[C@@H](OC)c1ccccc1)C1CCCCC1. The molecule has 1 aliphatic carbocycles. The average Bonchev–Trinajstić information content (AvgIpc) is 2.71. The molecular weight excluding hydrogens is 344 g/mol. The molecule has 27 heavy (non-hydrogen) atoms. The van der Waals surface area contributed by atoms with Crippen LogP contribution in [0.2, 0.25) is 0 Å². The Labute approximate surface area is 162 Å². The van der Waals surface area contributed by atoms with Gasteiger partial charge in [-0.2, -0.15) is 0 Å². The maximum absolute atomic E-state index is 13.0. The zero-order chi connectivity index (χ0) is 19.5. The van der Waals surface area contributed by atoms with Crippen molar-refractivity contribution < 1.29 is 23.7 Å². The molecule has 1 aromatic rings. The number of ether oxygens (including phenoxy) is 4. The van der Waals surface area contributed by atoms with Crippen LogP contribution >= 0.6 is 0 Å². The predicted octanol–water partition coefficient (Wildman–Crippen LogP) is 4.43. The monoisotopic (exact) mass is 376 g/mol. The molecule has 0 aromatic heterocycles. The van der Waals surface area contributed by atoms with Gasteiger partial charge < -0.3 is 18.9 Å². The number of esters is 1. The normalized spacial score (nSPS) is 18.9. The van der Waals surface area contributed by atoms with E-state index >= 15 is 0 Å². The van der Waals surface area contributed by atoms with E-state index in [1.807, 2.05) is 49.4 Å². The lowest BCUT2D eigenvalue weighted by atomic mass is 9.83. The molecule has 0 N–H and O–H groups in total. The lowest BCUT2D eigenvalue weighted by Crippen LogP contribution is -2.41. The molecule has 1 saturated carbocycles. The molecule has 150 valence electrons. The molecule has 0 heterocycles. The van der Waals surface area contributed by atoms with Crippen LogP contribution in [0, 0.1) is 5.92 Å². The molecule has 5 heteroatoms. The van der Waals surface area contributed by atoms with Gasteiger partial charge in [0, 0.05) is 14.2 Å². The number of carbonyl (C=O) groups is 1. The first-order valence-corrected chi connectivity index (χ1v) is 9.72. The quantitative estimate of drug-likeness (QED) is 0.343. The van der Waals surface area contributed by atoms with Crippen LogP contribution in [0.4, 0.5) is 0 Å². The van der Waals surface area contributed by atoms with Gasteiger partial charge in [0.05, 0.1) is 0 Å². The third-order valence-electron chi connectivity index (χ3n) is 5.00. The summed E-state index contributed by atoms with van der Waals surface area (Å²) in [4.78, 5) is 13.0. The van der Waals surface area contributed by atoms with E-state index in [0.717, 1.165) is 31.2 Å². The van der Waals surface area contributed by atoms with E-state index in [9.17, 15) is 4.79 Å². The highest BCUT2D eigenvalue weighted by atomic mass is 16.7. The van der Waals surface area contributed by atoms with Gasteiger partial charge in [0.15, 0.2) is 6.10 Å². The number of allylic oxidation sites excluding steroid dienone is 1. The smallest absolute Gasteiger partial charge is 0.340 e. The highest BCUT2D eigenvalue weighted by molar-refractivity contribution is 5.76. The molecule has 0 spiro atoms. The Balaban J connectivity index is 2.19. The van der Waals surface area contributed by atoms with E-state index < -0.39 is 6.10 Å². The zero-order valence-electron chi connectivity index (χ0n) is 16.6. The van der Waals surface area contributed by atoms with Crippen LogP contribution in [0.5, 0.6) is 0 Å². The van der Waals surface area contributed by atoms with Gasteiger partial charge in [0.1, 0.15) is 19.0 Å². The molecule has 0 unspecified atom stereocenters. The summed E-state index contributed by atoms with van der Waals surface area (Å²) in [6.45, 7) is 2.09. The molecule has 2 rings (SSSR count). The van der Waals surface area contributed by atoms with Crippen LogP contribution in [0.1, 0.15) is 50.7 Å². The van der Waals surface area contributed by atoms with Gasteiger partial charge in [-0.15, -0.1) is 0 Å². The summed E-state index contributed by atoms with van der Waals surface area (Å²) < 4.78 is 22.4. The van der Waals surface area contributed by atoms with Crippen LogP contribution in [-0.4, -0.2) is 39.2 Å². The number of rotatable bonds is 10. The van der Waals surface area contributed by atoms with Crippen molar-refractivity contribution in [3.8, 4) is 0 Å². The molecule has 0 amide bonds. The highest BCUT2D eigenvalue weighted by Gasteiger charge is 2.35. The fourth-order valence-corrected chi connectivity index (χ4v) is 3.68. The van der Waals surface area contributed by atoms with Crippen LogP contribution in [0.3, 0.4) is 0 Å². The van der Waals surface area contributed by atoms with Crippen LogP contribution < -0.4 is 0 Å². The first-order valence-electron chi connectivity index (χ1n) is 9.72. The Morgan fingerprint density at radius 1 is 1.15 bits per heavy atom. The third-order valence-corrected chi connectivity index (χ3v) is 5.00. The Hall–Kier alpha value is -1.69. The zero-order valence-corrected chi connectivity index (χ0v) is 16.6. The Bertz CT molecular complexity index is 565. The molecular formula is C22H32O5. The van der Waals surface area contributed by atoms with Crippen LogP contribution in [0.15, 0.2) is 42.5 Å². The minimum atomic E-state index is -0.744. The Morgan fingerprint density at radius 2 is 1.85 bits per heavy atom. The number of carbonyl (C=O) groups excluding carboxylic acids is 1. The van der Waals surface area contributed by atoms with Gasteiger partial charge in [0.2, 0.25) is 0 Å². The second-order valence-electron chi connectivity index (χ2n) is 6.89. The van der Waals surface area contributed by atoms with Crippen molar-refractivity contribution in [2.45, 2.75) is 57.3 Å². The third kappa shape index (κ3) is 6.45. The van der Waals surface area contributed by atoms with Crippen molar-refractivity contribution in [3.05, 3.63) is 48.0 Å². The first-order chi connectivity index (χ1) is 13.2. The molecule has 1 aliphatic rings. The van der Waals surface area contributed by atoms with Crippen molar-refractivity contribution in [1.82, 2.24) is 0 Å². The summed E-state index contributed by atoms with van der Waals surface area (Å²) in [5, 5.41) is 0. The molecule has 0 aliphatic heterocycles. The second-order valence-corrected chi connectivity index (χ2v) is 6.89. The lowest BCUT2D eigenvalue weighted by Gasteiger charge is -2.34. The minimum absolute atomic E-state index is 0.155. The Morgan fingerprint density at radius 3 is 2.44 bits per heavy atom. The molecule has 0 bridgehead atoms. The molecule has 3 atom stereocenters. The summed E-state index contributed by atoms with van der Waals surface area (Å²) >= 11 is 0. The van der Waals surface area contributed by atoms with E-state index in [0.29, 0.717) is 0 Å². The van der Waals surface area contributed by atoms with E-state index in [1.165, 1.54) is 13.5 Å². The fraction of sp³-hybridized carbons (Fsp3) is 0.591. The molecule has 0 saturated heterocycles. The molecule has 1 aromatic carbocycles. The van der Waals surface area contributed by atoms with E-state index in [1.54, 1.807) is 7.11 Å². The van der Waals surface area contributed by atoms with Crippen LogP contribution in [0.25, 0.3) is 0 Å². The second kappa shape index (κ2) is 11.9. The number of benzene rings is 1. The van der Waals surface area contributed by atoms with Crippen molar-refractivity contribution in [1.29, 1.82) is 0 Å². The van der Waals surface area contributed by atoms with E-state index in [-0.39, 0.29) is 30.9 Å². The average molecular weight is 376 g/mol. The largest absolute Gasteiger partial charge is 0.457 e. The summed E-state index contributed by atoms with van der Waals surface area (Å²) in [5.41, 5.74) is 0.785. The van der Waals surface area contributed by atoms with Gasteiger partial charge in [-0.3, -0.25) is 0 Å². The standard InChI is InChI=1S/C22H32O5/c1-4-11-19(26-16-24-2)20(17-12-7-5-8-13-17)27-22(23)21(25-3)18-14-9-6-10-15-18/h4,6,9-11,14-15,17,19-21H,5,7-8,12-13,16H2,1-3H3/b11-4+/t19-,20+,21+/m1/s1. The minimum Gasteiger partial charge on any atom is -0.457 e. The number of hydrogen-bond donors (Lipinski definition) is 0. The van der Waals surface area contributed by atoms with Gasteiger partial charge in [-0.05, 0) is 31.2 Å². The molecule has 0 radical (unpaired) electrons. The predicted molar refractivity (Wildman–Crippen MR) is 104 cm³/mol. The van der Waals surface area contributed by atoms with Crippen molar-refractivity contribution in [3.63, 3.8) is 0 Å². The van der Waals surface area contributed by atoms with Crippen molar-refractivity contribution >= 4 is 5.97 Å². The van der Waals surface area contributed by atoms with Crippen LogP contribution in [-0.2, 0) is 23.7 Å². The lowest BCUT2D eigenvalue weighted by molar-refractivity contribution is -0.178.